The van der Waals surface area contributed by atoms with Crippen LogP contribution in [0, 0.1) is 5.41 Å². The summed E-state index contributed by atoms with van der Waals surface area (Å²) in [5.74, 6) is 0.0399. The zero-order valence-electron chi connectivity index (χ0n) is 13.0. The van der Waals surface area contributed by atoms with Gasteiger partial charge in [0.2, 0.25) is 0 Å². The number of hydrogen-bond acceptors (Lipinski definition) is 2. The fourth-order valence-electron chi connectivity index (χ4n) is 1.52. The van der Waals surface area contributed by atoms with Crippen LogP contribution in [0.4, 0.5) is 0 Å². The monoisotopic (exact) mass is 262 g/mol. The molecule has 0 radical (unpaired) electrons. The van der Waals surface area contributed by atoms with Gasteiger partial charge in [-0.2, -0.15) is 0 Å². The molecule has 2 heteroatoms. The number of benzene rings is 1. The molecule has 0 heterocycles. The third-order valence-corrected chi connectivity index (χ3v) is 2.47. The number of carbonyl (C=O) groups is 2. The van der Waals surface area contributed by atoms with Crippen molar-refractivity contribution in [3.63, 3.8) is 0 Å². The Balaban J connectivity index is 0.000000982. The normalized spacial score (nSPS) is 10.4. The average molecular weight is 262 g/mol. The largest absolute Gasteiger partial charge is 0.294 e. The van der Waals surface area contributed by atoms with Crippen LogP contribution in [0.1, 0.15) is 75.1 Å². The predicted octanol–water partition coefficient (Wildman–Crippen LogP) is 4.92. The van der Waals surface area contributed by atoms with Crippen LogP contribution >= 0.6 is 0 Å². The Hall–Kier alpha value is -1.44. The van der Waals surface area contributed by atoms with Crippen molar-refractivity contribution >= 4 is 11.6 Å². The zero-order valence-corrected chi connectivity index (χ0v) is 13.0. The van der Waals surface area contributed by atoms with Crippen LogP contribution in [0.2, 0.25) is 0 Å². The SMILES string of the molecule is CCC.CCC(=O)c1ccccc1C(=O)C(C)(C)C. The molecule has 0 aliphatic rings. The summed E-state index contributed by atoms with van der Waals surface area (Å²) in [5, 5.41) is 0. The maximum atomic E-state index is 12.2. The van der Waals surface area contributed by atoms with Crippen molar-refractivity contribution in [2.45, 2.75) is 54.4 Å². The topological polar surface area (TPSA) is 34.1 Å². The van der Waals surface area contributed by atoms with Crippen molar-refractivity contribution in [3.05, 3.63) is 35.4 Å². The molecule has 106 valence electrons. The number of ketones is 2. The molecule has 0 N–H and O–H groups in total. The molecule has 0 saturated carbocycles. The van der Waals surface area contributed by atoms with Crippen LogP contribution in [0.3, 0.4) is 0 Å². The Morgan fingerprint density at radius 1 is 0.947 bits per heavy atom. The molecule has 0 unspecified atom stereocenters. The summed E-state index contributed by atoms with van der Waals surface area (Å²) in [6, 6.07) is 7.05. The van der Waals surface area contributed by atoms with Gasteiger partial charge in [0, 0.05) is 23.0 Å². The molecule has 1 aromatic carbocycles. The third-order valence-electron chi connectivity index (χ3n) is 2.47. The van der Waals surface area contributed by atoms with Gasteiger partial charge >= 0.3 is 0 Å². The Morgan fingerprint density at radius 2 is 1.37 bits per heavy atom. The molecule has 0 spiro atoms. The first kappa shape index (κ1) is 17.6. The van der Waals surface area contributed by atoms with Crippen LogP contribution in [0.25, 0.3) is 0 Å². The molecule has 0 atom stereocenters. The van der Waals surface area contributed by atoms with Gasteiger partial charge in [-0.25, -0.2) is 0 Å². The van der Waals surface area contributed by atoms with E-state index in [9.17, 15) is 9.59 Å². The van der Waals surface area contributed by atoms with Gasteiger partial charge in [-0.3, -0.25) is 9.59 Å². The van der Waals surface area contributed by atoms with E-state index in [1.54, 1.807) is 31.2 Å². The van der Waals surface area contributed by atoms with Crippen molar-refractivity contribution in [3.8, 4) is 0 Å². The Kier molecular flexibility index (Phi) is 7.28. The van der Waals surface area contributed by atoms with E-state index in [1.165, 1.54) is 6.42 Å². The van der Waals surface area contributed by atoms with E-state index in [0.717, 1.165) is 0 Å². The standard InChI is InChI=1S/C14H18O2.C3H8/c1-5-12(15)10-8-6-7-9-11(10)13(16)14(2,3)4;1-3-2/h6-9H,5H2,1-4H3;3H2,1-2H3. The maximum absolute atomic E-state index is 12.2. The maximum Gasteiger partial charge on any atom is 0.168 e. The summed E-state index contributed by atoms with van der Waals surface area (Å²) < 4.78 is 0. The lowest BCUT2D eigenvalue weighted by molar-refractivity contribution is 0.0850. The molecule has 19 heavy (non-hydrogen) atoms. The van der Waals surface area contributed by atoms with Gasteiger partial charge in [-0.15, -0.1) is 0 Å². The third kappa shape index (κ3) is 5.37. The van der Waals surface area contributed by atoms with E-state index >= 15 is 0 Å². The molecule has 0 aliphatic carbocycles. The number of carbonyl (C=O) groups excluding carboxylic acids is 2. The first-order valence-electron chi connectivity index (χ1n) is 6.96. The second-order valence-electron chi connectivity index (χ2n) is 5.61. The highest BCUT2D eigenvalue weighted by molar-refractivity contribution is 6.10. The van der Waals surface area contributed by atoms with E-state index in [-0.39, 0.29) is 11.6 Å². The summed E-state index contributed by atoms with van der Waals surface area (Å²) in [6.45, 7) is 11.6. The highest BCUT2D eigenvalue weighted by Gasteiger charge is 2.26. The van der Waals surface area contributed by atoms with Crippen molar-refractivity contribution in [1.29, 1.82) is 0 Å². The summed E-state index contributed by atoms with van der Waals surface area (Å²) in [4.78, 5) is 23.9. The van der Waals surface area contributed by atoms with Crippen LogP contribution in [-0.4, -0.2) is 11.6 Å². The Labute approximate surface area is 117 Å². The molecule has 1 aromatic rings. The van der Waals surface area contributed by atoms with Gasteiger partial charge in [0.15, 0.2) is 11.6 Å². The van der Waals surface area contributed by atoms with Crippen molar-refractivity contribution in [2.75, 3.05) is 0 Å². The zero-order chi connectivity index (χ0) is 15.1. The molecule has 2 nitrogen and oxygen atoms in total. The van der Waals surface area contributed by atoms with Gasteiger partial charge in [0.25, 0.3) is 0 Å². The molecule has 0 bridgehead atoms. The van der Waals surface area contributed by atoms with Crippen molar-refractivity contribution < 1.29 is 9.59 Å². The van der Waals surface area contributed by atoms with Crippen LogP contribution in [0.15, 0.2) is 24.3 Å². The van der Waals surface area contributed by atoms with E-state index in [0.29, 0.717) is 17.5 Å². The summed E-state index contributed by atoms with van der Waals surface area (Å²) in [7, 11) is 0. The van der Waals surface area contributed by atoms with Crippen LogP contribution in [-0.2, 0) is 0 Å². The molecule has 0 amide bonds. The lowest BCUT2D eigenvalue weighted by Crippen LogP contribution is -2.22. The highest BCUT2D eigenvalue weighted by Crippen LogP contribution is 2.23. The molecule has 0 aromatic heterocycles. The molecule has 0 aliphatic heterocycles. The fourth-order valence-corrected chi connectivity index (χ4v) is 1.52. The van der Waals surface area contributed by atoms with Crippen molar-refractivity contribution in [2.24, 2.45) is 5.41 Å². The predicted molar refractivity (Wildman–Crippen MR) is 80.8 cm³/mol. The van der Waals surface area contributed by atoms with Gasteiger partial charge in [0.05, 0.1) is 0 Å². The number of rotatable bonds is 3. The molecule has 1 rings (SSSR count). The molecular weight excluding hydrogens is 236 g/mol. The summed E-state index contributed by atoms with van der Waals surface area (Å²) in [5.41, 5.74) is 0.635. The second kappa shape index (κ2) is 7.88. The highest BCUT2D eigenvalue weighted by atomic mass is 16.1. The number of hydrogen-bond donors (Lipinski definition) is 0. The second-order valence-corrected chi connectivity index (χ2v) is 5.61. The Bertz CT molecular complexity index is 425. The van der Waals surface area contributed by atoms with Crippen molar-refractivity contribution in [1.82, 2.24) is 0 Å². The van der Waals surface area contributed by atoms with Crippen LogP contribution < -0.4 is 0 Å². The van der Waals surface area contributed by atoms with Crippen LogP contribution in [0.5, 0.6) is 0 Å². The van der Waals surface area contributed by atoms with E-state index in [1.807, 2.05) is 20.8 Å². The number of Topliss-reactive ketones (excluding diaryl/α,β-unsaturated/α-hetero) is 2. The van der Waals surface area contributed by atoms with Gasteiger partial charge in [0.1, 0.15) is 0 Å². The fraction of sp³-hybridized carbons (Fsp3) is 0.529. The smallest absolute Gasteiger partial charge is 0.168 e. The van der Waals surface area contributed by atoms with Gasteiger partial charge in [-0.05, 0) is 0 Å². The first-order valence-corrected chi connectivity index (χ1v) is 6.96. The van der Waals surface area contributed by atoms with Gasteiger partial charge in [-0.1, -0.05) is 72.2 Å². The molecule has 0 fully saturated rings. The first-order chi connectivity index (χ1) is 8.79. The van der Waals surface area contributed by atoms with E-state index in [2.05, 4.69) is 13.8 Å². The minimum absolute atomic E-state index is 0.0184. The average Bonchev–Trinajstić information content (AvgIpc) is 2.37. The summed E-state index contributed by atoms with van der Waals surface area (Å²) in [6.07, 6.45) is 1.68. The minimum Gasteiger partial charge on any atom is -0.294 e. The van der Waals surface area contributed by atoms with Gasteiger partial charge < -0.3 is 0 Å². The lowest BCUT2D eigenvalue weighted by atomic mass is 9.84. The Morgan fingerprint density at radius 3 is 1.74 bits per heavy atom. The quantitative estimate of drug-likeness (QED) is 0.724. The lowest BCUT2D eigenvalue weighted by Gasteiger charge is -2.18. The van der Waals surface area contributed by atoms with E-state index in [4.69, 9.17) is 0 Å². The van der Waals surface area contributed by atoms with E-state index < -0.39 is 5.41 Å². The summed E-state index contributed by atoms with van der Waals surface area (Å²) >= 11 is 0. The minimum atomic E-state index is -0.454. The molecular formula is C17H26O2. The molecule has 0 saturated heterocycles.